The number of carbonyl (C=O) groups excluding carboxylic acids is 2. The van der Waals surface area contributed by atoms with Crippen LogP contribution in [0.4, 0.5) is 0 Å². The maximum atomic E-state index is 13.3. The Bertz CT molecular complexity index is 1120. The first-order valence-electron chi connectivity index (χ1n) is 10.8. The normalized spacial score (nSPS) is 19.1. The van der Waals surface area contributed by atoms with Crippen LogP contribution in [0.5, 0.6) is 0 Å². The van der Waals surface area contributed by atoms with Gasteiger partial charge in [0.25, 0.3) is 0 Å². The fourth-order valence-corrected chi connectivity index (χ4v) is 5.42. The summed E-state index contributed by atoms with van der Waals surface area (Å²) in [6.07, 6.45) is 3.08. The van der Waals surface area contributed by atoms with E-state index in [-0.39, 0.29) is 24.5 Å². The number of fused-ring (bicyclic) bond motifs is 3. The third kappa shape index (κ3) is 2.92. The van der Waals surface area contributed by atoms with Crippen LogP contribution in [0.15, 0.2) is 91.5 Å². The minimum atomic E-state index is -0.672. The maximum Gasteiger partial charge on any atom is 0.150 e. The predicted octanol–water partition coefficient (Wildman–Crippen LogP) is 5.14. The molecule has 3 aromatic carbocycles. The van der Waals surface area contributed by atoms with E-state index in [1.165, 1.54) is 11.1 Å². The van der Waals surface area contributed by atoms with Gasteiger partial charge in [0.15, 0.2) is 5.78 Å². The van der Waals surface area contributed by atoms with Gasteiger partial charge in [-0.05, 0) is 34.2 Å². The molecule has 0 saturated carbocycles. The molecular formula is C28H25NO2. The average molecular weight is 408 g/mol. The number of allylic oxidation sites excluding steroid dienone is 1. The van der Waals surface area contributed by atoms with Crippen LogP contribution in [0.2, 0.25) is 0 Å². The van der Waals surface area contributed by atoms with E-state index >= 15 is 0 Å². The summed E-state index contributed by atoms with van der Waals surface area (Å²) < 4.78 is 0. The largest absolute Gasteiger partial charge is 0.298 e. The Morgan fingerprint density at radius 3 is 2.13 bits per heavy atom. The molecule has 0 bridgehead atoms. The Morgan fingerprint density at radius 2 is 1.52 bits per heavy atom. The van der Waals surface area contributed by atoms with E-state index in [1.807, 2.05) is 18.2 Å². The summed E-state index contributed by atoms with van der Waals surface area (Å²) in [6, 6.07) is 26.7. The Labute approximate surface area is 183 Å². The maximum absolute atomic E-state index is 13.3. The molecule has 0 spiro atoms. The highest BCUT2D eigenvalue weighted by molar-refractivity contribution is 5.96. The number of benzene rings is 3. The second-order valence-corrected chi connectivity index (χ2v) is 8.35. The molecule has 1 saturated heterocycles. The molecule has 2 aliphatic rings. The number of Topliss-reactive ketones (excluding diaryl/α,β-unsaturated/α-hetero) is 2. The molecule has 1 heterocycles. The summed E-state index contributed by atoms with van der Waals surface area (Å²) >= 11 is 0. The molecule has 3 nitrogen and oxygen atoms in total. The number of likely N-dealkylation sites (tertiary alicyclic amines) is 1. The minimum absolute atomic E-state index is 0.114. The molecular weight excluding hydrogens is 382 g/mol. The van der Waals surface area contributed by atoms with Crippen LogP contribution in [0.1, 0.15) is 36.0 Å². The van der Waals surface area contributed by atoms with Gasteiger partial charge in [-0.15, -0.1) is 6.58 Å². The molecule has 0 radical (unpaired) electrons. The lowest BCUT2D eigenvalue weighted by Crippen LogP contribution is -2.51. The molecule has 0 aromatic heterocycles. The van der Waals surface area contributed by atoms with Crippen molar-refractivity contribution in [3.8, 4) is 11.1 Å². The SMILES string of the molecule is C=CCCC(=O)[C@@H]1CC(=O)CN1C1(c2ccccc2)c2ccccc2-c2ccccc21. The van der Waals surface area contributed by atoms with Crippen molar-refractivity contribution in [1.29, 1.82) is 0 Å². The molecule has 1 aliphatic carbocycles. The molecule has 31 heavy (non-hydrogen) atoms. The first kappa shape index (κ1) is 19.7. The quantitative estimate of drug-likeness (QED) is 0.531. The molecule has 0 N–H and O–H groups in total. The number of nitrogens with zero attached hydrogens (tertiary/aromatic N) is 1. The van der Waals surface area contributed by atoms with Gasteiger partial charge in [0.05, 0.1) is 18.1 Å². The van der Waals surface area contributed by atoms with Crippen LogP contribution >= 0.6 is 0 Å². The molecule has 5 rings (SSSR count). The summed E-state index contributed by atoms with van der Waals surface area (Å²) in [5, 5.41) is 0. The van der Waals surface area contributed by atoms with Gasteiger partial charge in [-0.3, -0.25) is 14.5 Å². The molecule has 0 amide bonds. The summed E-state index contributed by atoms with van der Waals surface area (Å²) in [5.41, 5.74) is 5.02. The monoisotopic (exact) mass is 407 g/mol. The number of ketones is 2. The summed E-state index contributed by atoms with van der Waals surface area (Å²) in [4.78, 5) is 28.2. The Morgan fingerprint density at radius 1 is 0.935 bits per heavy atom. The van der Waals surface area contributed by atoms with Crippen LogP contribution in [-0.2, 0) is 15.1 Å². The van der Waals surface area contributed by atoms with Crippen molar-refractivity contribution >= 4 is 11.6 Å². The van der Waals surface area contributed by atoms with E-state index in [0.29, 0.717) is 12.8 Å². The summed E-state index contributed by atoms with van der Waals surface area (Å²) in [7, 11) is 0. The minimum Gasteiger partial charge on any atom is -0.298 e. The van der Waals surface area contributed by atoms with Crippen LogP contribution in [0.3, 0.4) is 0 Å². The van der Waals surface area contributed by atoms with E-state index < -0.39 is 11.6 Å². The van der Waals surface area contributed by atoms with Crippen LogP contribution in [0, 0.1) is 0 Å². The molecule has 1 fully saturated rings. The molecule has 154 valence electrons. The lowest BCUT2D eigenvalue weighted by atomic mass is 9.78. The van der Waals surface area contributed by atoms with Crippen molar-refractivity contribution in [1.82, 2.24) is 4.90 Å². The van der Waals surface area contributed by atoms with Gasteiger partial charge in [0, 0.05) is 12.8 Å². The topological polar surface area (TPSA) is 37.4 Å². The van der Waals surface area contributed by atoms with E-state index in [2.05, 4.69) is 72.1 Å². The molecule has 0 unspecified atom stereocenters. The van der Waals surface area contributed by atoms with E-state index in [1.54, 1.807) is 6.08 Å². The fraction of sp³-hybridized carbons (Fsp3) is 0.214. The van der Waals surface area contributed by atoms with E-state index in [9.17, 15) is 9.59 Å². The Kier molecular flexibility index (Phi) is 4.91. The number of hydrogen-bond acceptors (Lipinski definition) is 3. The van der Waals surface area contributed by atoms with E-state index in [4.69, 9.17) is 0 Å². The highest BCUT2D eigenvalue weighted by Gasteiger charge is 2.54. The van der Waals surface area contributed by atoms with Crippen molar-refractivity contribution in [2.45, 2.75) is 30.8 Å². The van der Waals surface area contributed by atoms with Crippen molar-refractivity contribution in [2.75, 3.05) is 6.54 Å². The standard InChI is InChI=1S/C28H25NO2/c1-2-3-17-27(31)26-18-21(30)19-29(26)28(20-11-5-4-6-12-20)24-15-9-7-13-22(24)23-14-8-10-16-25(23)28/h2,4-16,26H,1,3,17-19H2/t26-/m0/s1. The lowest BCUT2D eigenvalue weighted by molar-refractivity contribution is -0.124. The van der Waals surface area contributed by atoms with Gasteiger partial charge in [0.2, 0.25) is 0 Å². The molecule has 1 atom stereocenters. The van der Waals surface area contributed by atoms with Gasteiger partial charge in [0.1, 0.15) is 5.78 Å². The smallest absolute Gasteiger partial charge is 0.150 e. The lowest BCUT2D eigenvalue weighted by Gasteiger charge is -2.43. The van der Waals surface area contributed by atoms with Gasteiger partial charge in [-0.25, -0.2) is 0 Å². The zero-order valence-electron chi connectivity index (χ0n) is 17.5. The van der Waals surface area contributed by atoms with Crippen molar-refractivity contribution in [3.05, 3.63) is 108 Å². The molecule has 1 aliphatic heterocycles. The number of rotatable bonds is 6. The third-order valence-corrected chi connectivity index (χ3v) is 6.66. The zero-order valence-corrected chi connectivity index (χ0v) is 17.5. The van der Waals surface area contributed by atoms with Gasteiger partial charge in [-0.1, -0.05) is 84.9 Å². The van der Waals surface area contributed by atoms with Crippen LogP contribution in [0.25, 0.3) is 11.1 Å². The van der Waals surface area contributed by atoms with Crippen LogP contribution < -0.4 is 0 Å². The Hall–Kier alpha value is -3.30. The first-order valence-corrected chi connectivity index (χ1v) is 10.8. The van der Waals surface area contributed by atoms with E-state index in [0.717, 1.165) is 16.7 Å². The summed E-state index contributed by atoms with van der Waals surface area (Å²) in [6.45, 7) is 4.02. The fourth-order valence-electron chi connectivity index (χ4n) is 5.42. The van der Waals surface area contributed by atoms with Gasteiger partial charge < -0.3 is 0 Å². The van der Waals surface area contributed by atoms with Crippen molar-refractivity contribution in [3.63, 3.8) is 0 Å². The zero-order chi connectivity index (χ0) is 21.4. The first-order chi connectivity index (χ1) is 15.2. The average Bonchev–Trinajstić information content (AvgIpc) is 3.34. The van der Waals surface area contributed by atoms with Crippen molar-refractivity contribution < 1.29 is 9.59 Å². The third-order valence-electron chi connectivity index (χ3n) is 6.66. The molecule has 3 aromatic rings. The second kappa shape index (κ2) is 7.75. The van der Waals surface area contributed by atoms with Gasteiger partial charge >= 0.3 is 0 Å². The highest BCUT2D eigenvalue weighted by Crippen LogP contribution is 2.55. The highest BCUT2D eigenvalue weighted by atomic mass is 16.1. The predicted molar refractivity (Wildman–Crippen MR) is 123 cm³/mol. The van der Waals surface area contributed by atoms with Gasteiger partial charge in [-0.2, -0.15) is 0 Å². The summed E-state index contributed by atoms with van der Waals surface area (Å²) in [5.74, 6) is 0.233. The van der Waals surface area contributed by atoms with Crippen molar-refractivity contribution in [2.24, 2.45) is 0 Å². The number of carbonyl (C=O) groups is 2. The van der Waals surface area contributed by atoms with Crippen LogP contribution in [-0.4, -0.2) is 29.1 Å². The molecule has 3 heteroatoms. The number of hydrogen-bond donors (Lipinski definition) is 0. The second-order valence-electron chi connectivity index (χ2n) is 8.35. The Balaban J connectivity index is 1.79.